The molecule has 0 bridgehead atoms. The van der Waals surface area contributed by atoms with Crippen LogP contribution in [0, 0.1) is 6.92 Å². The Labute approximate surface area is 199 Å². The van der Waals surface area contributed by atoms with E-state index in [1.165, 1.54) is 47.5 Å². The summed E-state index contributed by atoms with van der Waals surface area (Å²) in [5.74, 6) is -0.0435. The minimum atomic E-state index is -4.00. The number of rotatable bonds is 8. The van der Waals surface area contributed by atoms with Crippen molar-refractivity contribution < 1.29 is 17.4 Å². The lowest BCUT2D eigenvalue weighted by atomic mass is 10.2. The van der Waals surface area contributed by atoms with Crippen molar-refractivity contribution in [1.82, 2.24) is 10.4 Å². The highest BCUT2D eigenvalue weighted by molar-refractivity contribution is 8.01. The quantitative estimate of drug-likeness (QED) is 0.165. The van der Waals surface area contributed by atoms with Crippen molar-refractivity contribution in [2.24, 2.45) is 5.10 Å². The summed E-state index contributed by atoms with van der Waals surface area (Å²) in [6.07, 6.45) is 1.35. The number of fused-ring (bicyclic) bond motifs is 1. The highest BCUT2D eigenvalue weighted by atomic mass is 32.2. The van der Waals surface area contributed by atoms with Gasteiger partial charge in [0.25, 0.3) is 5.91 Å². The molecule has 0 saturated carbocycles. The SMILES string of the molecule is Cc1ccc(S(=O)(=O)Oc2ccccc2/C=N\NC(=O)CSc2nc3ccccc3s2)cc1. The number of aryl methyl sites for hydroxylation is 1. The molecule has 1 aromatic heterocycles. The molecule has 1 amide bonds. The number of aromatic nitrogens is 1. The van der Waals surface area contributed by atoms with Gasteiger partial charge in [-0.2, -0.15) is 13.5 Å². The molecule has 4 aromatic rings. The predicted molar refractivity (Wildman–Crippen MR) is 132 cm³/mol. The maximum Gasteiger partial charge on any atom is 0.339 e. The molecule has 1 heterocycles. The Morgan fingerprint density at radius 3 is 2.61 bits per heavy atom. The summed E-state index contributed by atoms with van der Waals surface area (Å²) in [5, 5.41) is 3.94. The first-order chi connectivity index (χ1) is 15.9. The summed E-state index contributed by atoms with van der Waals surface area (Å²) in [7, 11) is -4.00. The van der Waals surface area contributed by atoms with Crippen molar-refractivity contribution in [1.29, 1.82) is 0 Å². The van der Waals surface area contributed by atoms with Crippen molar-refractivity contribution in [2.45, 2.75) is 16.2 Å². The van der Waals surface area contributed by atoms with Gasteiger partial charge in [-0.3, -0.25) is 4.79 Å². The number of para-hydroxylation sites is 2. The van der Waals surface area contributed by atoms with Crippen LogP contribution >= 0.6 is 23.1 Å². The molecule has 0 aliphatic heterocycles. The molecule has 0 atom stereocenters. The van der Waals surface area contributed by atoms with Crippen LogP contribution in [0.2, 0.25) is 0 Å². The third-order valence-corrected chi connectivity index (χ3v) is 7.85. The molecule has 0 saturated heterocycles. The molecule has 0 unspecified atom stereocenters. The summed E-state index contributed by atoms with van der Waals surface area (Å²) < 4.78 is 32.3. The average Bonchev–Trinajstić information content (AvgIpc) is 3.22. The van der Waals surface area contributed by atoms with Gasteiger partial charge in [0.2, 0.25) is 0 Å². The molecule has 1 N–H and O–H groups in total. The zero-order valence-corrected chi connectivity index (χ0v) is 19.9. The average molecular weight is 498 g/mol. The molecule has 0 aliphatic carbocycles. The van der Waals surface area contributed by atoms with Crippen LogP contribution in [0.1, 0.15) is 11.1 Å². The first-order valence-corrected chi connectivity index (χ1v) is 13.0. The standard InChI is InChI=1S/C23H19N3O4S3/c1-16-10-12-18(13-11-16)33(28,29)30-20-8-4-2-6-17(20)14-24-26-22(27)15-31-23-25-19-7-3-5-9-21(19)32-23/h2-14H,15H2,1H3,(H,26,27)/b24-14-. The number of hydrazone groups is 1. The topological polar surface area (TPSA) is 97.7 Å². The predicted octanol–water partition coefficient (Wildman–Crippen LogP) is 4.61. The first kappa shape index (κ1) is 23.0. The summed E-state index contributed by atoms with van der Waals surface area (Å²) in [5.41, 5.74) is 4.70. The minimum Gasteiger partial charge on any atom is -0.378 e. The lowest BCUT2D eigenvalue weighted by Gasteiger charge is -2.09. The van der Waals surface area contributed by atoms with Crippen molar-refractivity contribution >= 4 is 55.6 Å². The van der Waals surface area contributed by atoms with Crippen molar-refractivity contribution in [2.75, 3.05) is 5.75 Å². The Kier molecular flexibility index (Phi) is 7.07. The normalized spacial score (nSPS) is 11.7. The number of nitrogens with one attached hydrogen (secondary N) is 1. The number of thiazole rings is 1. The number of carbonyl (C=O) groups excluding carboxylic acids is 1. The number of hydrogen-bond donors (Lipinski definition) is 1. The largest absolute Gasteiger partial charge is 0.378 e. The van der Waals surface area contributed by atoms with Gasteiger partial charge in [-0.25, -0.2) is 10.4 Å². The number of carbonyl (C=O) groups is 1. The molecule has 0 aliphatic rings. The second-order valence-electron chi connectivity index (χ2n) is 6.92. The fourth-order valence-electron chi connectivity index (χ4n) is 2.78. The van der Waals surface area contributed by atoms with Crippen LogP contribution in [0.5, 0.6) is 5.75 Å². The number of amides is 1. The van der Waals surface area contributed by atoms with Gasteiger partial charge in [-0.15, -0.1) is 11.3 Å². The van der Waals surface area contributed by atoms with Crippen LogP contribution in [0.3, 0.4) is 0 Å². The smallest absolute Gasteiger partial charge is 0.339 e. The summed E-state index contributed by atoms with van der Waals surface area (Å²) in [6, 6.07) is 20.7. The lowest BCUT2D eigenvalue weighted by molar-refractivity contribution is -0.118. The highest BCUT2D eigenvalue weighted by Crippen LogP contribution is 2.29. The number of benzene rings is 3. The van der Waals surface area contributed by atoms with Gasteiger partial charge in [0.05, 0.1) is 22.2 Å². The molecule has 33 heavy (non-hydrogen) atoms. The third kappa shape index (κ3) is 5.98. The van der Waals surface area contributed by atoms with Crippen LogP contribution in [0.4, 0.5) is 0 Å². The molecule has 0 spiro atoms. The molecule has 0 radical (unpaired) electrons. The Morgan fingerprint density at radius 1 is 1.09 bits per heavy atom. The number of hydrogen-bond acceptors (Lipinski definition) is 8. The molecule has 0 fully saturated rings. The fourth-order valence-corrected chi connectivity index (χ4v) is 5.60. The van der Waals surface area contributed by atoms with Gasteiger partial charge in [-0.1, -0.05) is 53.7 Å². The lowest BCUT2D eigenvalue weighted by Crippen LogP contribution is -2.19. The van der Waals surface area contributed by atoms with Crippen LogP contribution in [0.25, 0.3) is 10.2 Å². The molecule has 168 valence electrons. The second-order valence-corrected chi connectivity index (χ2v) is 10.7. The van der Waals surface area contributed by atoms with E-state index in [4.69, 9.17) is 4.18 Å². The summed E-state index contributed by atoms with van der Waals surface area (Å²) in [4.78, 5) is 16.7. The Bertz CT molecular complexity index is 1380. The van der Waals surface area contributed by atoms with Crippen LogP contribution < -0.4 is 9.61 Å². The fraction of sp³-hybridized carbons (Fsp3) is 0.0870. The highest BCUT2D eigenvalue weighted by Gasteiger charge is 2.18. The van der Waals surface area contributed by atoms with Crippen molar-refractivity contribution in [3.05, 3.63) is 83.9 Å². The zero-order valence-electron chi connectivity index (χ0n) is 17.5. The maximum absolute atomic E-state index is 12.6. The van der Waals surface area contributed by atoms with E-state index >= 15 is 0 Å². The van der Waals surface area contributed by atoms with Gasteiger partial charge in [0.1, 0.15) is 4.90 Å². The molecular weight excluding hydrogens is 478 g/mol. The Morgan fingerprint density at radius 2 is 1.82 bits per heavy atom. The summed E-state index contributed by atoms with van der Waals surface area (Å²) in [6.45, 7) is 1.87. The van der Waals surface area contributed by atoms with Gasteiger partial charge >= 0.3 is 10.1 Å². The van der Waals surface area contributed by atoms with E-state index in [1.54, 1.807) is 30.3 Å². The molecule has 7 nitrogen and oxygen atoms in total. The van der Waals surface area contributed by atoms with Crippen LogP contribution in [-0.4, -0.2) is 31.3 Å². The van der Waals surface area contributed by atoms with Crippen molar-refractivity contribution in [3.8, 4) is 5.75 Å². The van der Waals surface area contributed by atoms with Crippen molar-refractivity contribution in [3.63, 3.8) is 0 Å². The van der Waals surface area contributed by atoms with E-state index in [9.17, 15) is 13.2 Å². The van der Waals surface area contributed by atoms with Gasteiger partial charge in [-0.05, 0) is 43.3 Å². The van der Waals surface area contributed by atoms with E-state index in [1.807, 2.05) is 31.2 Å². The van der Waals surface area contributed by atoms with E-state index in [-0.39, 0.29) is 22.3 Å². The molecule has 4 rings (SSSR count). The molecular formula is C23H19N3O4S3. The van der Waals surface area contributed by atoms with E-state index in [2.05, 4.69) is 15.5 Å². The summed E-state index contributed by atoms with van der Waals surface area (Å²) >= 11 is 2.85. The van der Waals surface area contributed by atoms with E-state index < -0.39 is 10.1 Å². The van der Waals surface area contributed by atoms with Gasteiger partial charge in [0, 0.05) is 5.56 Å². The van der Waals surface area contributed by atoms with Crippen LogP contribution in [0.15, 0.2) is 87.1 Å². The zero-order chi connectivity index (χ0) is 23.3. The molecule has 10 heteroatoms. The second kappa shape index (κ2) is 10.2. The first-order valence-electron chi connectivity index (χ1n) is 9.81. The maximum atomic E-state index is 12.6. The minimum absolute atomic E-state index is 0.0556. The van der Waals surface area contributed by atoms with Gasteiger partial charge in [0.15, 0.2) is 10.1 Å². The Balaban J connectivity index is 1.37. The van der Waals surface area contributed by atoms with Gasteiger partial charge < -0.3 is 4.18 Å². The number of thioether (sulfide) groups is 1. The van der Waals surface area contributed by atoms with E-state index in [0.29, 0.717) is 5.56 Å². The monoisotopic (exact) mass is 497 g/mol. The number of nitrogens with zero attached hydrogens (tertiary/aromatic N) is 2. The van der Waals surface area contributed by atoms with Crippen LogP contribution in [-0.2, 0) is 14.9 Å². The molecule has 3 aromatic carbocycles. The third-order valence-electron chi connectivity index (χ3n) is 4.42. The Hall–Kier alpha value is -3.21. The van der Waals surface area contributed by atoms with E-state index in [0.717, 1.165) is 20.1 Å².